The minimum atomic E-state index is -4.31. The van der Waals surface area contributed by atoms with E-state index >= 15 is 0 Å². The Kier molecular flexibility index (Phi) is 11.3. The second kappa shape index (κ2) is 14.9. The summed E-state index contributed by atoms with van der Waals surface area (Å²) in [6.45, 7) is 6.04. The highest BCUT2D eigenvalue weighted by Crippen LogP contribution is 2.39. The first kappa shape index (κ1) is 36.2. The number of aliphatic hydroxyl groups is 1. The molecule has 2 saturated carbocycles. The molecule has 16 heteroatoms. The van der Waals surface area contributed by atoms with Gasteiger partial charge in [-0.25, -0.2) is 0 Å². The lowest BCUT2D eigenvalue weighted by atomic mass is 9.80. The highest BCUT2D eigenvalue weighted by atomic mass is 35.5. The highest BCUT2D eigenvalue weighted by molar-refractivity contribution is 6.21. The number of ketones is 1. The molecule has 4 saturated heterocycles. The van der Waals surface area contributed by atoms with Gasteiger partial charge in [0.15, 0.2) is 5.78 Å². The van der Waals surface area contributed by atoms with Gasteiger partial charge in [0, 0.05) is 63.1 Å². The van der Waals surface area contributed by atoms with Crippen LogP contribution in [0.1, 0.15) is 65.2 Å². The maximum Gasteiger partial charge on any atom is 0.391 e. The Balaban J connectivity index is 1.16. The number of nitrogens with one attached hydrogen (secondary N) is 5. The number of piperidine rings is 1. The number of rotatable bonds is 6. The molecule has 0 radical (unpaired) electrons. The van der Waals surface area contributed by atoms with Gasteiger partial charge >= 0.3 is 6.18 Å². The predicted molar refractivity (Wildman–Crippen MR) is 173 cm³/mol. The zero-order valence-corrected chi connectivity index (χ0v) is 28.6. The van der Waals surface area contributed by atoms with Gasteiger partial charge < -0.3 is 20.6 Å². The summed E-state index contributed by atoms with van der Waals surface area (Å²) >= 11 is 6.40. The van der Waals surface area contributed by atoms with Gasteiger partial charge in [-0.3, -0.25) is 40.1 Å². The summed E-state index contributed by atoms with van der Waals surface area (Å²) in [6.07, 6.45) is -1.01. The number of fused-ring (bicyclic) bond motifs is 2. The number of amides is 2. The van der Waals surface area contributed by atoms with Crippen LogP contribution in [0.3, 0.4) is 0 Å². The second-order valence-electron chi connectivity index (χ2n) is 14.7. The fourth-order valence-electron chi connectivity index (χ4n) is 9.05. The minimum absolute atomic E-state index is 0.0196. The zero-order valence-electron chi connectivity index (χ0n) is 27.9. The van der Waals surface area contributed by atoms with E-state index in [0.29, 0.717) is 39.3 Å². The number of aliphatic hydroxyl groups excluding tert-OH is 1. The molecule has 12 nitrogen and oxygen atoms in total. The minimum Gasteiger partial charge on any atom is -0.389 e. The largest absolute Gasteiger partial charge is 0.391 e. The van der Waals surface area contributed by atoms with Gasteiger partial charge in [0.05, 0.1) is 42.2 Å². The van der Waals surface area contributed by atoms with Crippen LogP contribution in [0.2, 0.25) is 0 Å². The molecule has 12 atom stereocenters. The third-order valence-corrected chi connectivity index (χ3v) is 12.3. The SMILES string of the molecule is CCC1C(N2CCN(C(=O)C3NCNC(C)C3O)CC2)C(=O)C2NC3CCCCC3NC2N1CC(=O)NC1CCC(C(F)(F)F)CC1Cl. The summed E-state index contributed by atoms with van der Waals surface area (Å²) in [6, 6.07) is -2.49. The number of piperazine rings is 2. The van der Waals surface area contributed by atoms with E-state index in [1.54, 1.807) is 4.90 Å². The van der Waals surface area contributed by atoms with Gasteiger partial charge in [-0.2, -0.15) is 13.2 Å². The lowest BCUT2D eigenvalue weighted by Gasteiger charge is -2.57. The molecule has 2 aliphatic carbocycles. The summed E-state index contributed by atoms with van der Waals surface area (Å²) in [5.41, 5.74) is 0. The molecular weight excluding hydrogens is 653 g/mol. The summed E-state index contributed by atoms with van der Waals surface area (Å²) in [5.74, 6) is -1.85. The molecule has 6 fully saturated rings. The van der Waals surface area contributed by atoms with Crippen LogP contribution in [-0.4, -0.2) is 149 Å². The molecular formula is C32H52ClF3N8O4. The topological polar surface area (TPSA) is 141 Å². The first-order valence-electron chi connectivity index (χ1n) is 17.9. The number of nitrogens with zero attached hydrogens (tertiary/aromatic N) is 3. The Hall–Kier alpha value is -1.59. The van der Waals surface area contributed by atoms with Crippen LogP contribution in [0.4, 0.5) is 13.2 Å². The van der Waals surface area contributed by atoms with Crippen molar-refractivity contribution in [3.05, 3.63) is 0 Å². The lowest BCUT2D eigenvalue weighted by molar-refractivity contribution is -0.182. The third kappa shape index (κ3) is 7.39. The van der Waals surface area contributed by atoms with E-state index in [1.165, 1.54) is 0 Å². The molecule has 2 amide bonds. The molecule has 272 valence electrons. The molecule has 6 aliphatic rings. The van der Waals surface area contributed by atoms with Crippen LogP contribution < -0.4 is 26.6 Å². The first-order chi connectivity index (χ1) is 22.9. The van der Waals surface area contributed by atoms with Crippen molar-refractivity contribution in [2.75, 3.05) is 39.4 Å². The van der Waals surface area contributed by atoms with Crippen molar-refractivity contribution in [2.45, 2.75) is 137 Å². The number of hydrogen-bond acceptors (Lipinski definition) is 10. The Morgan fingerprint density at radius 2 is 1.71 bits per heavy atom. The normalized spacial score (nSPS) is 41.7. The van der Waals surface area contributed by atoms with Crippen LogP contribution in [0.15, 0.2) is 0 Å². The molecule has 0 aromatic rings. The van der Waals surface area contributed by atoms with Crippen LogP contribution in [0, 0.1) is 5.92 Å². The molecule has 0 aromatic carbocycles. The number of carbonyl (C=O) groups is 3. The van der Waals surface area contributed by atoms with Crippen molar-refractivity contribution >= 4 is 29.2 Å². The van der Waals surface area contributed by atoms with Crippen molar-refractivity contribution < 1.29 is 32.7 Å². The molecule has 4 heterocycles. The number of halogens is 4. The number of carbonyl (C=O) groups excluding carboxylic acids is 3. The van der Waals surface area contributed by atoms with E-state index in [1.807, 2.05) is 13.8 Å². The Morgan fingerprint density at radius 1 is 1.02 bits per heavy atom. The molecule has 0 bridgehead atoms. The Morgan fingerprint density at radius 3 is 2.35 bits per heavy atom. The Bertz CT molecular complexity index is 1180. The predicted octanol–water partition coefficient (Wildman–Crippen LogP) is 0.0841. The van der Waals surface area contributed by atoms with E-state index < -0.39 is 53.9 Å². The van der Waals surface area contributed by atoms with Gasteiger partial charge in [0.25, 0.3) is 0 Å². The van der Waals surface area contributed by atoms with E-state index in [2.05, 4.69) is 36.4 Å². The number of alkyl halides is 4. The van der Waals surface area contributed by atoms with E-state index in [0.717, 1.165) is 25.7 Å². The monoisotopic (exact) mass is 704 g/mol. The molecule has 12 unspecified atom stereocenters. The van der Waals surface area contributed by atoms with Crippen LogP contribution in [0.25, 0.3) is 0 Å². The standard InChI is InChI=1S/C32H52ClF3N8O4/c1-3-23-27(42-10-12-43(13-11-42)31(48)26-28(46)17(2)37-16-38-26)29(47)25-30(41-22-7-5-4-6-21(22)40-25)44(23)15-24(45)39-20-9-8-18(14-19(20)33)32(34,35)36/h17-23,25-28,30,37-38,40-41,46H,3-16H2,1-2H3,(H,39,45). The smallest absolute Gasteiger partial charge is 0.389 e. The summed E-state index contributed by atoms with van der Waals surface area (Å²) in [4.78, 5) is 47.4. The second-order valence-corrected chi connectivity index (χ2v) is 15.3. The van der Waals surface area contributed by atoms with E-state index in [9.17, 15) is 32.7 Å². The fourth-order valence-corrected chi connectivity index (χ4v) is 9.46. The first-order valence-corrected chi connectivity index (χ1v) is 18.3. The summed E-state index contributed by atoms with van der Waals surface area (Å²) in [5, 5.41) is 26.3. The molecule has 0 spiro atoms. The molecule has 48 heavy (non-hydrogen) atoms. The molecule has 6 rings (SSSR count). The van der Waals surface area contributed by atoms with Gasteiger partial charge in [-0.1, -0.05) is 19.8 Å². The average molecular weight is 705 g/mol. The molecule has 0 aromatic heterocycles. The maximum absolute atomic E-state index is 14.4. The van der Waals surface area contributed by atoms with Crippen molar-refractivity contribution in [3.8, 4) is 0 Å². The average Bonchev–Trinajstić information content (AvgIpc) is 3.06. The molecule has 4 aliphatic heterocycles. The van der Waals surface area contributed by atoms with Crippen LogP contribution in [-0.2, 0) is 14.4 Å². The highest BCUT2D eigenvalue weighted by Gasteiger charge is 2.54. The van der Waals surface area contributed by atoms with E-state index in [-0.39, 0.29) is 67.6 Å². The van der Waals surface area contributed by atoms with Crippen molar-refractivity contribution in [1.29, 1.82) is 0 Å². The summed E-state index contributed by atoms with van der Waals surface area (Å²) in [7, 11) is 0. The summed E-state index contributed by atoms with van der Waals surface area (Å²) < 4.78 is 40.0. The lowest BCUT2D eigenvalue weighted by Crippen LogP contribution is -2.81. The fraction of sp³-hybridized carbons (Fsp3) is 0.906. The Labute approximate surface area is 285 Å². The molecule has 6 N–H and O–H groups in total. The van der Waals surface area contributed by atoms with Gasteiger partial charge in [-0.05, 0) is 45.4 Å². The quantitative estimate of drug-likeness (QED) is 0.211. The van der Waals surface area contributed by atoms with Gasteiger partial charge in [0.2, 0.25) is 11.8 Å². The maximum atomic E-state index is 14.4. The van der Waals surface area contributed by atoms with Crippen molar-refractivity contribution in [2.24, 2.45) is 5.92 Å². The third-order valence-electron chi connectivity index (χ3n) is 11.8. The van der Waals surface area contributed by atoms with Crippen molar-refractivity contribution in [1.82, 2.24) is 41.3 Å². The van der Waals surface area contributed by atoms with Crippen molar-refractivity contribution in [3.63, 3.8) is 0 Å². The van der Waals surface area contributed by atoms with Gasteiger partial charge in [-0.15, -0.1) is 11.6 Å². The van der Waals surface area contributed by atoms with Crippen LogP contribution >= 0.6 is 11.6 Å². The number of hydrogen-bond donors (Lipinski definition) is 6. The van der Waals surface area contributed by atoms with E-state index in [4.69, 9.17) is 11.6 Å². The van der Waals surface area contributed by atoms with Crippen LogP contribution in [0.5, 0.6) is 0 Å². The number of Topliss-reactive ketones (excluding diaryl/α,β-unsaturated/α-hetero) is 1. The number of likely N-dealkylation sites (tertiary alicyclic amines) is 1. The zero-order chi connectivity index (χ0) is 34.3. The van der Waals surface area contributed by atoms with Gasteiger partial charge in [0.1, 0.15) is 6.04 Å².